The molecule has 1 saturated heterocycles. The molecule has 44 heavy (non-hydrogen) atoms. The highest BCUT2D eigenvalue weighted by Crippen LogP contribution is 2.61. The molecule has 0 radical (unpaired) electrons. The maximum atomic E-state index is 14.0. The Balaban J connectivity index is 1.000. The van der Waals surface area contributed by atoms with Gasteiger partial charge in [0.15, 0.2) is 0 Å². The van der Waals surface area contributed by atoms with Gasteiger partial charge < -0.3 is 5.32 Å². The van der Waals surface area contributed by atoms with Gasteiger partial charge >= 0.3 is 6.18 Å². The maximum Gasteiger partial charge on any atom is 0.449 e. The van der Waals surface area contributed by atoms with Gasteiger partial charge in [-0.15, -0.1) is 0 Å². The van der Waals surface area contributed by atoms with Crippen LogP contribution in [0, 0.1) is 23.2 Å². The molecule has 0 spiro atoms. The summed E-state index contributed by atoms with van der Waals surface area (Å²) in [6.45, 7) is 3.48. The number of amides is 2. The van der Waals surface area contributed by atoms with Crippen molar-refractivity contribution in [3.8, 4) is 0 Å². The number of nitrogens with zero attached hydrogens (tertiary/aromatic N) is 2. The molecule has 1 aromatic heterocycles. The summed E-state index contributed by atoms with van der Waals surface area (Å²) in [6, 6.07) is 3.94. The van der Waals surface area contributed by atoms with Gasteiger partial charge in [0.2, 0.25) is 17.6 Å². The van der Waals surface area contributed by atoms with E-state index in [1.807, 2.05) is 0 Å². The van der Waals surface area contributed by atoms with E-state index in [9.17, 15) is 27.6 Å². The largest absolute Gasteiger partial charge is 0.449 e. The van der Waals surface area contributed by atoms with E-state index in [1.54, 1.807) is 12.1 Å². The average molecular weight is 615 g/mol. The zero-order valence-electron chi connectivity index (χ0n) is 25.7. The molecule has 2 aromatic rings. The Labute approximate surface area is 256 Å². The van der Waals surface area contributed by atoms with Crippen LogP contribution >= 0.6 is 0 Å². The number of benzene rings is 1. The molecule has 240 valence electrons. The number of fused-ring (bicyclic) bond motifs is 1. The van der Waals surface area contributed by atoms with Crippen LogP contribution in [0.3, 0.4) is 0 Å². The lowest BCUT2D eigenvalue weighted by Gasteiger charge is -2.59. The van der Waals surface area contributed by atoms with E-state index >= 15 is 0 Å². The molecular formula is C34H45F3N4O3. The summed E-state index contributed by atoms with van der Waals surface area (Å²) in [7, 11) is 0. The number of piperidine rings is 1. The molecule has 2 N–H and O–H groups in total. The molecule has 4 aliphatic carbocycles. The van der Waals surface area contributed by atoms with Gasteiger partial charge in [-0.05, 0) is 112 Å². The highest BCUT2D eigenvalue weighted by molar-refractivity contribution is 5.99. The van der Waals surface area contributed by atoms with Crippen LogP contribution in [-0.4, -0.2) is 34.0 Å². The summed E-state index contributed by atoms with van der Waals surface area (Å²) in [4.78, 5) is 41.4. The van der Waals surface area contributed by atoms with Crippen molar-refractivity contribution < 1.29 is 22.8 Å². The first-order valence-corrected chi connectivity index (χ1v) is 16.7. The summed E-state index contributed by atoms with van der Waals surface area (Å²) in [5.41, 5.74) is 0.254. The third-order valence-electron chi connectivity index (χ3n) is 11.1. The van der Waals surface area contributed by atoms with Crippen molar-refractivity contribution in [1.82, 2.24) is 20.2 Å². The van der Waals surface area contributed by atoms with Crippen LogP contribution in [0.25, 0.3) is 10.9 Å². The number of aromatic nitrogens is 2. The van der Waals surface area contributed by atoms with E-state index in [1.165, 1.54) is 44.6 Å². The van der Waals surface area contributed by atoms with E-state index in [0.717, 1.165) is 62.8 Å². The third kappa shape index (κ3) is 6.33. The fourth-order valence-corrected chi connectivity index (χ4v) is 9.33. The van der Waals surface area contributed by atoms with Gasteiger partial charge in [0.05, 0.1) is 10.9 Å². The van der Waals surface area contributed by atoms with Gasteiger partial charge in [-0.1, -0.05) is 37.8 Å². The monoisotopic (exact) mass is 614 g/mol. The van der Waals surface area contributed by atoms with Crippen molar-refractivity contribution in [2.45, 2.75) is 121 Å². The molecule has 5 aliphatic rings. The van der Waals surface area contributed by atoms with Gasteiger partial charge in [0.1, 0.15) is 6.04 Å². The first-order chi connectivity index (χ1) is 21.0. The molecular weight excluding hydrogens is 569 g/mol. The number of rotatable bonds is 12. The number of nitrogens with one attached hydrogen (secondary N) is 2. The van der Waals surface area contributed by atoms with Crippen molar-refractivity contribution in [2.24, 2.45) is 23.2 Å². The van der Waals surface area contributed by atoms with Crippen LogP contribution in [0.1, 0.15) is 114 Å². The highest BCUT2D eigenvalue weighted by Gasteiger charge is 2.53. The topological polar surface area (TPSA) is 93.1 Å². The molecule has 1 aliphatic heterocycles. The van der Waals surface area contributed by atoms with Crippen LogP contribution in [0.15, 0.2) is 23.0 Å². The molecule has 2 heterocycles. The Morgan fingerprint density at radius 3 is 2.25 bits per heavy atom. The van der Waals surface area contributed by atoms with Crippen molar-refractivity contribution >= 4 is 22.7 Å². The second-order valence-electron chi connectivity index (χ2n) is 14.2. The summed E-state index contributed by atoms with van der Waals surface area (Å²) >= 11 is 0. The molecule has 7 rings (SSSR count). The fraction of sp³-hybridized carbons (Fsp3) is 0.706. The van der Waals surface area contributed by atoms with E-state index in [-0.39, 0.29) is 23.7 Å². The molecule has 2 amide bonds. The van der Waals surface area contributed by atoms with E-state index < -0.39 is 35.4 Å². The number of halogens is 3. The summed E-state index contributed by atoms with van der Waals surface area (Å²) < 4.78 is 42.4. The lowest BCUT2D eigenvalue weighted by molar-refractivity contribution is -0.150. The van der Waals surface area contributed by atoms with Crippen LogP contribution in [0.4, 0.5) is 13.2 Å². The average Bonchev–Trinajstić information content (AvgIpc) is 2.95. The van der Waals surface area contributed by atoms with Crippen LogP contribution < -0.4 is 16.2 Å². The van der Waals surface area contributed by atoms with E-state index in [0.29, 0.717) is 28.0 Å². The number of hydrogen-bond acceptors (Lipinski definition) is 5. The minimum atomic E-state index is -4.94. The zero-order valence-corrected chi connectivity index (χ0v) is 25.7. The SMILES string of the molecule is CC(NCCCCCCCCc1cccc2nc(C(F)(F)F)n(C3CCC(=O)NC3=O)c(=O)c12)C12CC3CC(CC(C3)C1)C2. The Kier molecular flexibility index (Phi) is 8.92. The number of alkyl halides is 3. The number of imide groups is 1. The quantitative estimate of drug-likeness (QED) is 0.211. The van der Waals surface area contributed by atoms with Gasteiger partial charge in [-0.2, -0.15) is 13.2 Å². The minimum Gasteiger partial charge on any atom is -0.314 e. The minimum absolute atomic E-state index is 0.0290. The Hall–Kier alpha value is -2.75. The number of aryl methyl sites for hydroxylation is 1. The van der Waals surface area contributed by atoms with Gasteiger partial charge in [-0.25, -0.2) is 4.98 Å². The molecule has 4 saturated carbocycles. The van der Waals surface area contributed by atoms with Crippen LogP contribution in [0.2, 0.25) is 0 Å². The number of carbonyl (C=O) groups excluding carboxylic acids is 2. The normalized spacial score (nSPS) is 28.9. The zero-order chi connectivity index (χ0) is 31.1. The maximum absolute atomic E-state index is 14.0. The van der Waals surface area contributed by atoms with Crippen molar-refractivity contribution in [1.29, 1.82) is 0 Å². The Morgan fingerprint density at radius 1 is 0.977 bits per heavy atom. The molecule has 7 nitrogen and oxygen atoms in total. The third-order valence-corrected chi connectivity index (χ3v) is 11.1. The molecule has 2 atom stereocenters. The highest BCUT2D eigenvalue weighted by atomic mass is 19.4. The Bertz CT molecular complexity index is 1420. The smallest absolute Gasteiger partial charge is 0.314 e. The van der Waals surface area contributed by atoms with Crippen LogP contribution in [-0.2, 0) is 22.2 Å². The lowest BCUT2D eigenvalue weighted by atomic mass is 9.48. The van der Waals surface area contributed by atoms with E-state index in [2.05, 4.69) is 22.5 Å². The van der Waals surface area contributed by atoms with Gasteiger partial charge in [-0.3, -0.25) is 24.3 Å². The second-order valence-corrected chi connectivity index (χ2v) is 14.2. The first-order valence-electron chi connectivity index (χ1n) is 16.7. The number of unbranched alkanes of at least 4 members (excludes halogenated alkanes) is 5. The van der Waals surface area contributed by atoms with Crippen molar-refractivity contribution in [3.63, 3.8) is 0 Å². The summed E-state index contributed by atoms with van der Waals surface area (Å²) in [5, 5.41) is 6.06. The molecule has 2 unspecified atom stereocenters. The summed E-state index contributed by atoms with van der Waals surface area (Å²) in [5.74, 6) is 0.0251. The standard InChI is InChI=1S/C34H45F3N4O3/c1-21(33-18-22-15-23(19-33)17-24(16-22)20-33)38-14-7-5-3-2-4-6-9-25-10-8-11-26-29(25)31(44)41(32(39-26)34(35,36)37)27-12-13-28(42)40-30(27)43/h8,10-11,21-24,27,38H,2-7,9,12-20H2,1H3,(H,40,42,43). The van der Waals surface area contributed by atoms with Crippen molar-refractivity contribution in [2.75, 3.05) is 6.54 Å². The first kappa shape index (κ1) is 31.2. The molecule has 5 fully saturated rings. The second kappa shape index (κ2) is 12.6. The predicted octanol–water partition coefficient (Wildman–Crippen LogP) is 6.47. The van der Waals surface area contributed by atoms with Gasteiger partial charge in [0.25, 0.3) is 5.56 Å². The lowest BCUT2D eigenvalue weighted by Crippen LogP contribution is -2.54. The Morgan fingerprint density at radius 2 is 1.61 bits per heavy atom. The summed E-state index contributed by atoms with van der Waals surface area (Å²) in [6.07, 6.45) is 10.3. The predicted molar refractivity (Wildman–Crippen MR) is 162 cm³/mol. The number of carbonyl (C=O) groups is 2. The molecule has 10 heteroatoms. The van der Waals surface area contributed by atoms with Crippen LogP contribution in [0.5, 0.6) is 0 Å². The number of hydrogen-bond donors (Lipinski definition) is 2. The fourth-order valence-electron chi connectivity index (χ4n) is 9.33. The van der Waals surface area contributed by atoms with Gasteiger partial charge in [0, 0.05) is 12.5 Å². The van der Waals surface area contributed by atoms with Crippen molar-refractivity contribution in [3.05, 3.63) is 39.9 Å². The molecule has 4 bridgehead atoms. The van der Waals surface area contributed by atoms with E-state index in [4.69, 9.17) is 0 Å². The molecule has 1 aromatic carbocycles.